The molecule has 0 spiro atoms. The lowest BCUT2D eigenvalue weighted by molar-refractivity contribution is -0.160. The Kier molecular flexibility index (Phi) is 8.37. The second kappa shape index (κ2) is 12.0. The van der Waals surface area contributed by atoms with Gasteiger partial charge in [0.2, 0.25) is 0 Å². The van der Waals surface area contributed by atoms with Crippen molar-refractivity contribution in [2.45, 2.75) is 113 Å². The molecule has 0 saturated heterocycles. The molecule has 0 atom stereocenters. The summed E-state index contributed by atoms with van der Waals surface area (Å²) < 4.78 is 7.40. The minimum atomic E-state index is -2.31. The molecule has 0 aromatic heterocycles. The molecule has 3 aromatic carbocycles. The Morgan fingerprint density at radius 1 is 0.707 bits per heavy atom. The highest BCUT2D eigenvalue weighted by Gasteiger charge is 2.57. The second-order valence-corrected chi connectivity index (χ2v) is 15.9. The average Bonchev–Trinajstić information content (AvgIpc) is 2.97. The molecule has 0 aliphatic heterocycles. The van der Waals surface area contributed by atoms with E-state index < -0.39 is 10.3 Å². The smallest absolute Gasteiger partial charge is 0.323 e. The molecule has 0 radical (unpaired) electrons. The van der Waals surface area contributed by atoms with Gasteiger partial charge < -0.3 is 4.18 Å². The van der Waals surface area contributed by atoms with E-state index in [2.05, 4.69) is 93.6 Å². The van der Waals surface area contributed by atoms with E-state index in [1.807, 2.05) is 0 Å². The third-order valence-electron chi connectivity index (χ3n) is 9.99. The monoisotopic (exact) mass is 568 g/mol. The normalized spacial score (nSPS) is 25.3. The molecule has 4 aliphatic carbocycles. The standard InChI is InChI=1S/C38H48O2S/c1-4-13-28-23-32(14-5-2)36(33(24-28)15-6-3)41(34-16-9-7-10-17-34,35-18-11-8-12-19-35)40-37(39)38-25-29-20-30(26-38)22-31(21-29)27-38/h7-12,16-19,23-24,29-31H,4-6,13-15,20-22,25-27H2,1-3H3. The zero-order valence-corrected chi connectivity index (χ0v) is 26.2. The van der Waals surface area contributed by atoms with Crippen LogP contribution < -0.4 is 0 Å². The first kappa shape index (κ1) is 28.6. The molecule has 4 fully saturated rings. The number of aryl methyl sites for hydroxylation is 3. The fourth-order valence-electron chi connectivity index (χ4n) is 8.84. The van der Waals surface area contributed by atoms with Crippen molar-refractivity contribution in [2.75, 3.05) is 0 Å². The molecule has 7 rings (SSSR count). The fraction of sp³-hybridized carbons (Fsp3) is 0.500. The van der Waals surface area contributed by atoms with Crippen molar-refractivity contribution in [3.8, 4) is 0 Å². The van der Waals surface area contributed by atoms with Crippen molar-refractivity contribution < 1.29 is 8.98 Å². The van der Waals surface area contributed by atoms with Gasteiger partial charge in [0.15, 0.2) is 0 Å². The van der Waals surface area contributed by atoms with Gasteiger partial charge in [0.25, 0.3) is 0 Å². The van der Waals surface area contributed by atoms with Crippen LogP contribution in [0.2, 0.25) is 0 Å². The molecular formula is C38H48O2S. The molecular weight excluding hydrogens is 520 g/mol. The summed E-state index contributed by atoms with van der Waals surface area (Å²) in [7, 11) is -2.31. The van der Waals surface area contributed by atoms with Gasteiger partial charge >= 0.3 is 5.97 Å². The first-order chi connectivity index (χ1) is 20.0. The van der Waals surface area contributed by atoms with Crippen LogP contribution in [0.5, 0.6) is 0 Å². The van der Waals surface area contributed by atoms with Crippen LogP contribution >= 0.6 is 10.3 Å². The van der Waals surface area contributed by atoms with Crippen LogP contribution in [-0.2, 0) is 28.2 Å². The Balaban J connectivity index is 1.60. The predicted octanol–water partition coefficient (Wildman–Crippen LogP) is 10.5. The Hall–Kier alpha value is -2.52. The SMILES string of the molecule is CCCc1cc(CCC)c(S(OC(=O)C23CC4CC(CC(C4)C2)C3)(c2ccccc2)c2ccccc2)c(CCC)c1. The lowest BCUT2D eigenvalue weighted by atomic mass is 9.49. The Labute approximate surface area is 249 Å². The molecule has 4 bridgehead atoms. The maximum atomic E-state index is 14.9. The Bertz CT molecular complexity index is 1240. The van der Waals surface area contributed by atoms with Gasteiger partial charge in [0.1, 0.15) is 0 Å². The number of hydrogen-bond donors (Lipinski definition) is 0. The van der Waals surface area contributed by atoms with E-state index in [-0.39, 0.29) is 11.4 Å². The van der Waals surface area contributed by atoms with E-state index in [1.165, 1.54) is 40.8 Å². The van der Waals surface area contributed by atoms with Gasteiger partial charge in [0.05, 0.1) is 5.41 Å². The molecule has 3 heteroatoms. The van der Waals surface area contributed by atoms with Crippen LogP contribution in [0.15, 0.2) is 87.5 Å². The van der Waals surface area contributed by atoms with Gasteiger partial charge in [-0.1, -0.05) is 88.6 Å². The third kappa shape index (κ3) is 5.29. The molecule has 0 unspecified atom stereocenters. The summed E-state index contributed by atoms with van der Waals surface area (Å²) in [5.41, 5.74) is 3.87. The second-order valence-electron chi connectivity index (χ2n) is 13.2. The van der Waals surface area contributed by atoms with Crippen molar-refractivity contribution >= 4 is 16.3 Å². The summed E-state index contributed by atoms with van der Waals surface area (Å²) in [5.74, 6) is 2.19. The zero-order chi connectivity index (χ0) is 28.5. The summed E-state index contributed by atoms with van der Waals surface area (Å²) in [6, 6.07) is 26.5. The number of carbonyl (C=O) groups excluding carboxylic acids is 1. The minimum absolute atomic E-state index is 0.0850. The molecule has 218 valence electrons. The Morgan fingerprint density at radius 2 is 1.15 bits per heavy atom. The van der Waals surface area contributed by atoms with Gasteiger partial charge in [0, 0.05) is 14.7 Å². The van der Waals surface area contributed by atoms with Gasteiger partial charge in [-0.15, -0.1) is 0 Å². The molecule has 3 aromatic rings. The molecule has 0 heterocycles. The molecule has 2 nitrogen and oxygen atoms in total. The van der Waals surface area contributed by atoms with Crippen LogP contribution in [0.25, 0.3) is 0 Å². The van der Waals surface area contributed by atoms with Crippen LogP contribution in [-0.4, -0.2) is 5.97 Å². The van der Waals surface area contributed by atoms with Crippen molar-refractivity contribution in [2.24, 2.45) is 23.2 Å². The van der Waals surface area contributed by atoms with E-state index in [4.69, 9.17) is 4.18 Å². The van der Waals surface area contributed by atoms with E-state index in [0.717, 1.165) is 67.6 Å². The van der Waals surface area contributed by atoms with Gasteiger partial charge in [-0.05, 0) is 127 Å². The lowest BCUT2D eigenvalue weighted by Gasteiger charge is -2.56. The third-order valence-corrected chi connectivity index (χ3v) is 13.4. The number of hydrogen-bond acceptors (Lipinski definition) is 2. The topological polar surface area (TPSA) is 26.3 Å². The van der Waals surface area contributed by atoms with Gasteiger partial charge in [-0.2, -0.15) is 0 Å². The van der Waals surface area contributed by atoms with Gasteiger partial charge in [-0.25, -0.2) is 0 Å². The van der Waals surface area contributed by atoms with Crippen molar-refractivity contribution in [1.29, 1.82) is 0 Å². The van der Waals surface area contributed by atoms with Gasteiger partial charge in [-0.3, -0.25) is 4.79 Å². The summed E-state index contributed by atoms with van der Waals surface area (Å²) >= 11 is 0. The van der Waals surface area contributed by atoms with E-state index >= 15 is 0 Å². The Morgan fingerprint density at radius 3 is 1.56 bits per heavy atom. The highest BCUT2D eigenvalue weighted by atomic mass is 32.3. The van der Waals surface area contributed by atoms with Crippen molar-refractivity contribution in [1.82, 2.24) is 0 Å². The van der Waals surface area contributed by atoms with Crippen molar-refractivity contribution in [3.05, 3.63) is 89.5 Å². The maximum Gasteiger partial charge on any atom is 0.323 e. The molecule has 4 saturated carbocycles. The van der Waals surface area contributed by atoms with Crippen LogP contribution in [0.4, 0.5) is 0 Å². The average molecular weight is 569 g/mol. The van der Waals surface area contributed by atoms with E-state index in [9.17, 15) is 4.79 Å². The number of rotatable bonds is 11. The van der Waals surface area contributed by atoms with Crippen LogP contribution in [0, 0.1) is 23.2 Å². The van der Waals surface area contributed by atoms with Crippen LogP contribution in [0.1, 0.15) is 95.2 Å². The minimum Gasteiger partial charge on any atom is -0.401 e. The van der Waals surface area contributed by atoms with E-state index in [1.54, 1.807) is 0 Å². The maximum absolute atomic E-state index is 14.9. The lowest BCUT2D eigenvalue weighted by Crippen LogP contribution is -2.50. The summed E-state index contributed by atoms with van der Waals surface area (Å²) in [6.07, 6.45) is 13.4. The highest BCUT2D eigenvalue weighted by molar-refractivity contribution is 8.30. The van der Waals surface area contributed by atoms with Crippen molar-refractivity contribution in [3.63, 3.8) is 0 Å². The first-order valence-corrected chi connectivity index (χ1v) is 17.9. The molecule has 4 aliphatic rings. The summed E-state index contributed by atoms with van der Waals surface area (Å²) in [6.45, 7) is 6.82. The summed E-state index contributed by atoms with van der Waals surface area (Å²) in [5, 5.41) is 0. The zero-order valence-electron chi connectivity index (χ0n) is 25.4. The fourth-order valence-corrected chi connectivity index (χ4v) is 12.4. The summed E-state index contributed by atoms with van der Waals surface area (Å²) in [4.78, 5) is 18.5. The highest BCUT2D eigenvalue weighted by Crippen LogP contribution is 2.72. The predicted molar refractivity (Wildman–Crippen MR) is 170 cm³/mol. The first-order valence-electron chi connectivity index (χ1n) is 16.3. The molecule has 0 amide bonds. The molecule has 0 N–H and O–H groups in total. The number of benzene rings is 3. The van der Waals surface area contributed by atoms with Crippen LogP contribution in [0.3, 0.4) is 0 Å². The largest absolute Gasteiger partial charge is 0.401 e. The quantitative estimate of drug-likeness (QED) is 0.230. The number of carbonyl (C=O) groups is 1. The van der Waals surface area contributed by atoms with E-state index in [0.29, 0.717) is 17.8 Å². The molecule has 41 heavy (non-hydrogen) atoms.